The molecular formula is C25H28F3N9O. The van der Waals surface area contributed by atoms with E-state index in [0.29, 0.717) is 18.8 Å². The number of hydrogen-bond acceptors (Lipinski definition) is 8. The summed E-state index contributed by atoms with van der Waals surface area (Å²) in [6.45, 7) is 5.51. The van der Waals surface area contributed by atoms with E-state index >= 15 is 0 Å². The number of halogens is 3. The Bertz CT molecular complexity index is 1340. The first kappa shape index (κ1) is 25.8. The predicted molar refractivity (Wildman–Crippen MR) is 132 cm³/mol. The Morgan fingerprint density at radius 2 is 1.74 bits per heavy atom. The third-order valence-electron chi connectivity index (χ3n) is 6.99. The van der Waals surface area contributed by atoms with Gasteiger partial charge in [0, 0.05) is 56.5 Å². The first-order chi connectivity index (χ1) is 18.3. The fourth-order valence-corrected chi connectivity index (χ4v) is 4.69. The van der Waals surface area contributed by atoms with Crippen LogP contribution in [0.25, 0.3) is 0 Å². The van der Waals surface area contributed by atoms with Crippen molar-refractivity contribution in [1.82, 2.24) is 39.9 Å². The van der Waals surface area contributed by atoms with Crippen molar-refractivity contribution in [3.63, 3.8) is 0 Å². The zero-order valence-corrected chi connectivity index (χ0v) is 20.8. The van der Waals surface area contributed by atoms with Crippen LogP contribution >= 0.6 is 0 Å². The Morgan fingerprint density at radius 1 is 1.00 bits per heavy atom. The Balaban J connectivity index is 1.24. The fraction of sp³-hybridized carbons (Fsp3) is 0.400. The molecule has 13 heteroatoms. The fourth-order valence-electron chi connectivity index (χ4n) is 4.69. The summed E-state index contributed by atoms with van der Waals surface area (Å²) in [6, 6.07) is 8.67. The molecule has 2 aromatic carbocycles. The lowest BCUT2D eigenvalue weighted by molar-refractivity contribution is -0.0418. The predicted octanol–water partition coefficient (Wildman–Crippen LogP) is 2.20. The van der Waals surface area contributed by atoms with E-state index in [1.165, 1.54) is 40.3 Å². The van der Waals surface area contributed by atoms with Crippen LogP contribution in [0.5, 0.6) is 0 Å². The second-order valence-electron chi connectivity index (χ2n) is 9.40. The van der Waals surface area contributed by atoms with E-state index in [9.17, 15) is 18.3 Å². The van der Waals surface area contributed by atoms with Gasteiger partial charge in [-0.15, -0.1) is 10.2 Å². The normalized spacial score (nSPS) is 16.9. The average Bonchev–Trinajstić information content (AvgIpc) is 3.60. The molecule has 0 radical (unpaired) electrons. The molecule has 3 heterocycles. The summed E-state index contributed by atoms with van der Waals surface area (Å²) in [4.78, 5) is 9.64. The maximum Gasteiger partial charge on any atom is 0.176 e. The van der Waals surface area contributed by atoms with E-state index in [2.05, 4.69) is 35.3 Å². The molecule has 200 valence electrons. The summed E-state index contributed by atoms with van der Waals surface area (Å²) in [6.07, 6.45) is 3.24. The molecule has 0 saturated carbocycles. The highest BCUT2D eigenvalue weighted by Crippen LogP contribution is 2.36. The number of piperazine rings is 1. The van der Waals surface area contributed by atoms with Gasteiger partial charge in [-0.25, -0.2) is 22.8 Å². The molecule has 0 amide bonds. The number of anilines is 1. The minimum absolute atomic E-state index is 0.111. The quantitative estimate of drug-likeness (QED) is 0.354. The second-order valence-corrected chi connectivity index (χ2v) is 9.40. The third kappa shape index (κ3) is 5.53. The lowest BCUT2D eigenvalue weighted by Gasteiger charge is -2.36. The van der Waals surface area contributed by atoms with Crippen molar-refractivity contribution in [2.24, 2.45) is 0 Å². The summed E-state index contributed by atoms with van der Waals surface area (Å²) in [5.41, 5.74) is -0.986. The Labute approximate surface area is 217 Å². The van der Waals surface area contributed by atoms with E-state index in [4.69, 9.17) is 0 Å². The summed E-state index contributed by atoms with van der Waals surface area (Å²) < 4.78 is 43.0. The van der Waals surface area contributed by atoms with E-state index in [1.807, 2.05) is 0 Å². The van der Waals surface area contributed by atoms with Crippen LogP contribution in [0.15, 0.2) is 55.1 Å². The maximum atomic E-state index is 14.8. The molecule has 1 N–H and O–H groups in total. The molecule has 0 bridgehead atoms. The zero-order chi connectivity index (χ0) is 26.7. The molecule has 4 aromatic rings. The maximum absolute atomic E-state index is 14.8. The molecule has 10 nitrogen and oxygen atoms in total. The largest absolute Gasteiger partial charge is 0.381 e. The van der Waals surface area contributed by atoms with Gasteiger partial charge in [-0.1, -0.05) is 6.07 Å². The molecule has 2 atom stereocenters. The molecule has 1 aliphatic heterocycles. The number of rotatable bonds is 9. The van der Waals surface area contributed by atoms with Gasteiger partial charge in [0.2, 0.25) is 0 Å². The van der Waals surface area contributed by atoms with Crippen LogP contribution in [-0.2, 0) is 18.6 Å². The molecule has 2 aromatic heterocycles. The van der Waals surface area contributed by atoms with Crippen LogP contribution in [0.2, 0.25) is 0 Å². The van der Waals surface area contributed by atoms with E-state index < -0.39 is 23.3 Å². The average molecular weight is 528 g/mol. The van der Waals surface area contributed by atoms with Crippen LogP contribution in [0.3, 0.4) is 0 Å². The molecule has 1 aliphatic rings. The third-order valence-corrected chi connectivity index (χ3v) is 6.99. The number of tetrazole rings is 1. The van der Waals surface area contributed by atoms with Crippen LogP contribution < -0.4 is 4.90 Å². The highest BCUT2D eigenvalue weighted by molar-refractivity contribution is 5.46. The van der Waals surface area contributed by atoms with Gasteiger partial charge in [-0.2, -0.15) is 9.90 Å². The smallest absolute Gasteiger partial charge is 0.176 e. The number of nitrogens with zero attached hydrogens (tertiary/aromatic N) is 9. The molecule has 0 spiro atoms. The van der Waals surface area contributed by atoms with Gasteiger partial charge in [0.1, 0.15) is 41.7 Å². The monoisotopic (exact) mass is 527 g/mol. The van der Waals surface area contributed by atoms with Gasteiger partial charge in [0.25, 0.3) is 0 Å². The van der Waals surface area contributed by atoms with E-state index in [0.717, 1.165) is 44.0 Å². The first-order valence-electron chi connectivity index (χ1n) is 12.3. The standard InChI is InChI=1S/C25H28F3N9O/c1-18(25(38,15-36-17-29-16-30-36)22-7-4-20(27)14-23(22)28)37-32-24(31-33-37)8-9-34-10-12-35(13-11-34)21-5-2-19(26)3-6-21/h2-7,14,16-18,38H,8-13,15H2,1H3. The van der Waals surface area contributed by atoms with Crippen molar-refractivity contribution in [2.75, 3.05) is 37.6 Å². The number of aromatic nitrogens is 7. The zero-order valence-electron chi connectivity index (χ0n) is 20.8. The Kier molecular flexibility index (Phi) is 7.38. The molecule has 0 aliphatic carbocycles. The molecule has 2 unspecified atom stereocenters. The highest BCUT2D eigenvalue weighted by atomic mass is 19.1. The first-order valence-corrected chi connectivity index (χ1v) is 12.3. The van der Waals surface area contributed by atoms with Crippen molar-refractivity contribution in [1.29, 1.82) is 0 Å². The minimum atomic E-state index is -1.87. The van der Waals surface area contributed by atoms with Crippen LogP contribution in [0.1, 0.15) is 24.4 Å². The number of benzene rings is 2. The molecule has 5 rings (SSSR count). The lowest BCUT2D eigenvalue weighted by Crippen LogP contribution is -2.47. The van der Waals surface area contributed by atoms with Crippen LogP contribution in [0, 0.1) is 17.5 Å². The van der Waals surface area contributed by atoms with E-state index in [-0.39, 0.29) is 17.9 Å². The summed E-state index contributed by atoms with van der Waals surface area (Å²) >= 11 is 0. The van der Waals surface area contributed by atoms with E-state index in [1.54, 1.807) is 19.1 Å². The van der Waals surface area contributed by atoms with Gasteiger partial charge >= 0.3 is 0 Å². The summed E-state index contributed by atoms with van der Waals surface area (Å²) in [5, 5.41) is 28.5. The van der Waals surface area contributed by atoms with Crippen LogP contribution in [0.4, 0.5) is 18.9 Å². The topological polar surface area (TPSA) is 101 Å². The number of aliphatic hydroxyl groups is 1. The SMILES string of the molecule is CC(n1nnc(CCN2CCN(c3ccc(F)cc3)CC2)n1)C(O)(Cn1cncn1)c1ccc(F)cc1F. The molecular weight excluding hydrogens is 499 g/mol. The van der Waals surface area contributed by atoms with Crippen molar-refractivity contribution in [2.45, 2.75) is 31.5 Å². The highest BCUT2D eigenvalue weighted by Gasteiger charge is 2.41. The van der Waals surface area contributed by atoms with Gasteiger partial charge in [0.05, 0.1) is 6.54 Å². The lowest BCUT2D eigenvalue weighted by atomic mass is 9.86. The second kappa shape index (κ2) is 10.9. The molecule has 38 heavy (non-hydrogen) atoms. The van der Waals surface area contributed by atoms with Gasteiger partial charge in [0.15, 0.2) is 5.82 Å². The summed E-state index contributed by atoms with van der Waals surface area (Å²) in [5.74, 6) is -1.40. The van der Waals surface area contributed by atoms with Gasteiger partial charge < -0.3 is 10.0 Å². The minimum Gasteiger partial charge on any atom is -0.381 e. The summed E-state index contributed by atoms with van der Waals surface area (Å²) in [7, 11) is 0. The van der Waals surface area contributed by atoms with Gasteiger partial charge in [-0.05, 0) is 42.5 Å². The molecule has 1 fully saturated rings. The van der Waals surface area contributed by atoms with Crippen molar-refractivity contribution < 1.29 is 18.3 Å². The van der Waals surface area contributed by atoms with Crippen LogP contribution in [-0.4, -0.2) is 77.7 Å². The number of hydrogen-bond donors (Lipinski definition) is 1. The van der Waals surface area contributed by atoms with Crippen molar-refractivity contribution in [3.05, 3.63) is 84.0 Å². The molecule has 1 saturated heterocycles. The Morgan fingerprint density at radius 3 is 2.42 bits per heavy atom. The van der Waals surface area contributed by atoms with Crippen molar-refractivity contribution in [3.8, 4) is 0 Å². The van der Waals surface area contributed by atoms with Crippen molar-refractivity contribution >= 4 is 5.69 Å². The Hall–Kier alpha value is -3.84. The van der Waals surface area contributed by atoms with Gasteiger partial charge in [-0.3, -0.25) is 4.90 Å².